The van der Waals surface area contributed by atoms with E-state index in [2.05, 4.69) is 5.32 Å². The van der Waals surface area contributed by atoms with Crippen LogP contribution in [-0.4, -0.2) is 24.9 Å². The molecule has 2 atom stereocenters. The average Bonchev–Trinajstić information content (AvgIpc) is 2.46. The number of amides is 1. The lowest BCUT2D eigenvalue weighted by atomic mass is 9.88. The van der Waals surface area contributed by atoms with Crippen LogP contribution < -0.4 is 10.1 Å². The zero-order valence-electron chi connectivity index (χ0n) is 11.5. The summed E-state index contributed by atoms with van der Waals surface area (Å²) >= 11 is 12.2. The van der Waals surface area contributed by atoms with Gasteiger partial charge in [0.05, 0.1) is 12.7 Å². The minimum absolute atomic E-state index is 0.145. The van der Waals surface area contributed by atoms with Crippen molar-refractivity contribution >= 4 is 29.1 Å². The van der Waals surface area contributed by atoms with E-state index in [-0.39, 0.29) is 11.3 Å². The molecular weight excluding hydrogens is 297 g/mol. The molecule has 20 heavy (non-hydrogen) atoms. The quantitative estimate of drug-likeness (QED) is 0.856. The van der Waals surface area contributed by atoms with Crippen LogP contribution in [0.4, 0.5) is 0 Å². The van der Waals surface area contributed by atoms with E-state index in [0.29, 0.717) is 28.8 Å². The van der Waals surface area contributed by atoms with E-state index in [0.717, 1.165) is 12.8 Å². The van der Waals surface area contributed by atoms with Crippen LogP contribution in [0.5, 0.6) is 5.75 Å². The average molecular weight is 316 g/mol. The Morgan fingerprint density at radius 2 is 2.15 bits per heavy atom. The highest BCUT2D eigenvalue weighted by Crippen LogP contribution is 2.28. The standard InChI is InChI=1S/C15H19Cl2NO2/c1-20-14-8-11(16)6-7-12(14)15(19)18-9-10-4-2-3-5-13(10)17/h6-8,10,13H,2-5,9H2,1H3,(H,18,19). The van der Waals surface area contributed by atoms with E-state index in [1.165, 1.54) is 20.0 Å². The van der Waals surface area contributed by atoms with E-state index in [1.54, 1.807) is 18.2 Å². The molecule has 1 aromatic carbocycles. The van der Waals surface area contributed by atoms with Crippen LogP contribution in [0.25, 0.3) is 0 Å². The lowest BCUT2D eigenvalue weighted by molar-refractivity contribution is 0.0941. The molecule has 1 N–H and O–H groups in total. The Hall–Kier alpha value is -0.930. The number of hydrogen-bond donors (Lipinski definition) is 1. The fraction of sp³-hybridized carbons (Fsp3) is 0.533. The van der Waals surface area contributed by atoms with Crippen molar-refractivity contribution in [1.82, 2.24) is 5.32 Å². The highest BCUT2D eigenvalue weighted by molar-refractivity contribution is 6.30. The number of alkyl halides is 1. The van der Waals surface area contributed by atoms with Gasteiger partial charge < -0.3 is 10.1 Å². The van der Waals surface area contributed by atoms with Crippen LogP contribution in [0.3, 0.4) is 0 Å². The number of rotatable bonds is 4. The van der Waals surface area contributed by atoms with Gasteiger partial charge in [0.25, 0.3) is 5.91 Å². The van der Waals surface area contributed by atoms with Crippen LogP contribution in [0.1, 0.15) is 36.0 Å². The Balaban J connectivity index is 1.98. The number of nitrogens with one attached hydrogen (secondary N) is 1. The van der Waals surface area contributed by atoms with Crippen molar-refractivity contribution in [3.8, 4) is 5.75 Å². The van der Waals surface area contributed by atoms with E-state index >= 15 is 0 Å². The molecule has 5 heteroatoms. The number of halogens is 2. The molecule has 0 saturated heterocycles. The van der Waals surface area contributed by atoms with Crippen molar-refractivity contribution in [3.05, 3.63) is 28.8 Å². The maximum atomic E-state index is 12.2. The van der Waals surface area contributed by atoms with Crippen LogP contribution >= 0.6 is 23.2 Å². The maximum Gasteiger partial charge on any atom is 0.255 e. The summed E-state index contributed by atoms with van der Waals surface area (Å²) in [6.07, 6.45) is 4.48. The number of benzene rings is 1. The Labute approximate surface area is 129 Å². The fourth-order valence-corrected chi connectivity index (χ4v) is 3.10. The predicted molar refractivity (Wildman–Crippen MR) is 81.9 cm³/mol. The lowest BCUT2D eigenvalue weighted by Gasteiger charge is -2.27. The van der Waals surface area contributed by atoms with Gasteiger partial charge in [0.15, 0.2) is 0 Å². The van der Waals surface area contributed by atoms with Crippen LogP contribution in [0, 0.1) is 5.92 Å². The summed E-state index contributed by atoms with van der Waals surface area (Å²) in [5.41, 5.74) is 0.499. The first kappa shape index (κ1) is 15.5. The molecule has 1 fully saturated rings. The summed E-state index contributed by atoms with van der Waals surface area (Å²) < 4.78 is 5.19. The van der Waals surface area contributed by atoms with Crippen molar-refractivity contribution in [2.24, 2.45) is 5.92 Å². The number of methoxy groups -OCH3 is 1. The third-order valence-corrected chi connectivity index (χ3v) is 4.56. The SMILES string of the molecule is COc1cc(Cl)ccc1C(=O)NCC1CCCCC1Cl. The Kier molecular flexibility index (Phi) is 5.55. The molecule has 2 unspecified atom stereocenters. The molecule has 1 saturated carbocycles. The van der Waals surface area contributed by atoms with Crippen molar-refractivity contribution in [2.45, 2.75) is 31.1 Å². The largest absolute Gasteiger partial charge is 0.496 e. The molecule has 110 valence electrons. The zero-order valence-corrected chi connectivity index (χ0v) is 13.0. The monoisotopic (exact) mass is 315 g/mol. The summed E-state index contributed by atoms with van der Waals surface area (Å²) in [6.45, 7) is 0.610. The molecule has 1 aliphatic carbocycles. The van der Waals surface area contributed by atoms with Crippen LogP contribution in [0.2, 0.25) is 5.02 Å². The van der Waals surface area contributed by atoms with Gasteiger partial charge in [-0.05, 0) is 37.0 Å². The van der Waals surface area contributed by atoms with Gasteiger partial charge in [0, 0.05) is 16.9 Å². The van der Waals surface area contributed by atoms with Gasteiger partial charge in [-0.1, -0.05) is 24.4 Å². The molecule has 0 bridgehead atoms. The first-order valence-electron chi connectivity index (χ1n) is 6.87. The molecule has 3 nitrogen and oxygen atoms in total. The second-order valence-electron chi connectivity index (χ2n) is 5.12. The van der Waals surface area contributed by atoms with Gasteiger partial charge >= 0.3 is 0 Å². The Bertz CT molecular complexity index is 479. The van der Waals surface area contributed by atoms with Gasteiger partial charge in [-0.25, -0.2) is 0 Å². The molecule has 1 aromatic rings. The molecule has 1 amide bonds. The number of hydrogen-bond acceptors (Lipinski definition) is 2. The minimum atomic E-state index is -0.145. The smallest absolute Gasteiger partial charge is 0.255 e. The van der Waals surface area contributed by atoms with E-state index < -0.39 is 0 Å². The molecule has 0 heterocycles. The fourth-order valence-electron chi connectivity index (χ4n) is 2.56. The van der Waals surface area contributed by atoms with Gasteiger partial charge in [-0.15, -0.1) is 11.6 Å². The summed E-state index contributed by atoms with van der Waals surface area (Å²) in [5, 5.41) is 3.66. The van der Waals surface area contributed by atoms with Crippen LogP contribution in [-0.2, 0) is 0 Å². The Morgan fingerprint density at radius 1 is 1.40 bits per heavy atom. The number of carbonyl (C=O) groups is 1. The summed E-state index contributed by atoms with van der Waals surface area (Å²) in [6, 6.07) is 5.00. The van der Waals surface area contributed by atoms with Crippen molar-refractivity contribution in [1.29, 1.82) is 0 Å². The molecule has 0 spiro atoms. The third kappa shape index (κ3) is 3.80. The summed E-state index contributed by atoms with van der Waals surface area (Å²) in [5.74, 6) is 0.696. The summed E-state index contributed by atoms with van der Waals surface area (Å²) in [4.78, 5) is 12.2. The molecule has 0 aliphatic heterocycles. The van der Waals surface area contributed by atoms with E-state index in [9.17, 15) is 4.79 Å². The van der Waals surface area contributed by atoms with E-state index in [4.69, 9.17) is 27.9 Å². The molecule has 2 rings (SSSR count). The topological polar surface area (TPSA) is 38.3 Å². The van der Waals surface area contributed by atoms with Crippen LogP contribution in [0.15, 0.2) is 18.2 Å². The van der Waals surface area contributed by atoms with E-state index in [1.807, 2.05) is 0 Å². The molecule has 0 aromatic heterocycles. The van der Waals surface area contributed by atoms with Crippen molar-refractivity contribution < 1.29 is 9.53 Å². The number of ether oxygens (including phenoxy) is 1. The first-order chi connectivity index (χ1) is 9.61. The molecular formula is C15H19Cl2NO2. The van der Waals surface area contributed by atoms with Crippen molar-refractivity contribution in [3.63, 3.8) is 0 Å². The normalized spacial score (nSPS) is 22.4. The highest BCUT2D eigenvalue weighted by Gasteiger charge is 2.24. The van der Waals surface area contributed by atoms with Gasteiger partial charge in [-0.3, -0.25) is 4.79 Å². The molecule has 0 radical (unpaired) electrons. The lowest BCUT2D eigenvalue weighted by Crippen LogP contribution is -2.34. The maximum absolute atomic E-state index is 12.2. The third-order valence-electron chi connectivity index (χ3n) is 3.75. The number of carbonyl (C=O) groups excluding carboxylic acids is 1. The Morgan fingerprint density at radius 3 is 2.85 bits per heavy atom. The second kappa shape index (κ2) is 7.19. The van der Waals surface area contributed by atoms with Gasteiger partial charge in [0.1, 0.15) is 5.75 Å². The summed E-state index contributed by atoms with van der Waals surface area (Å²) in [7, 11) is 1.53. The minimum Gasteiger partial charge on any atom is -0.496 e. The van der Waals surface area contributed by atoms with Crippen molar-refractivity contribution in [2.75, 3.05) is 13.7 Å². The first-order valence-corrected chi connectivity index (χ1v) is 7.69. The second-order valence-corrected chi connectivity index (χ2v) is 6.11. The highest BCUT2D eigenvalue weighted by atomic mass is 35.5. The predicted octanol–water partition coefficient (Wildman–Crippen LogP) is 3.88. The zero-order chi connectivity index (χ0) is 14.5. The van der Waals surface area contributed by atoms with Gasteiger partial charge in [0.2, 0.25) is 0 Å². The van der Waals surface area contributed by atoms with Gasteiger partial charge in [-0.2, -0.15) is 0 Å². The molecule has 1 aliphatic rings.